The predicted octanol–water partition coefficient (Wildman–Crippen LogP) is 3.68. The van der Waals surface area contributed by atoms with Gasteiger partial charge in [0, 0.05) is 41.8 Å². The van der Waals surface area contributed by atoms with Crippen LogP contribution in [-0.2, 0) is 0 Å². The van der Waals surface area contributed by atoms with Gasteiger partial charge >= 0.3 is 0 Å². The highest BCUT2D eigenvalue weighted by Gasteiger charge is 2.15. The Bertz CT molecular complexity index is 627. The van der Waals surface area contributed by atoms with E-state index >= 15 is 0 Å². The highest BCUT2D eigenvalue weighted by atomic mass is 16.5. The number of methoxy groups -OCH3 is 1. The Morgan fingerprint density at radius 1 is 1.35 bits per heavy atom. The highest BCUT2D eigenvalue weighted by Crippen LogP contribution is 2.31. The fourth-order valence-corrected chi connectivity index (χ4v) is 2.97. The quantitative estimate of drug-likeness (QED) is 0.918. The zero-order chi connectivity index (χ0) is 13.9. The van der Waals surface area contributed by atoms with Gasteiger partial charge in [-0.1, -0.05) is 13.0 Å². The van der Waals surface area contributed by atoms with Crippen LogP contribution in [0.2, 0.25) is 0 Å². The Labute approximate surface area is 120 Å². The summed E-state index contributed by atoms with van der Waals surface area (Å²) in [5, 5.41) is 1.29. The normalized spacial score (nSPS) is 16.4. The van der Waals surface area contributed by atoms with Gasteiger partial charge in [0.1, 0.15) is 5.75 Å². The van der Waals surface area contributed by atoms with Crippen LogP contribution in [0, 0.1) is 0 Å². The molecular weight excluding hydrogens is 248 g/mol. The summed E-state index contributed by atoms with van der Waals surface area (Å²) in [6.07, 6.45) is 6.88. The first-order valence-electron chi connectivity index (χ1n) is 7.38. The van der Waals surface area contributed by atoms with Gasteiger partial charge in [-0.25, -0.2) is 0 Å². The van der Waals surface area contributed by atoms with Gasteiger partial charge in [0.2, 0.25) is 0 Å². The van der Waals surface area contributed by atoms with Crippen LogP contribution in [0.4, 0.5) is 0 Å². The first-order valence-corrected chi connectivity index (χ1v) is 7.38. The Kier molecular flexibility index (Phi) is 3.79. The molecule has 0 bridgehead atoms. The third kappa shape index (κ3) is 2.46. The molecule has 0 radical (unpaired) electrons. The van der Waals surface area contributed by atoms with Crippen molar-refractivity contribution >= 4 is 16.5 Å². The van der Waals surface area contributed by atoms with Crippen molar-refractivity contribution in [3.63, 3.8) is 0 Å². The van der Waals surface area contributed by atoms with Gasteiger partial charge in [-0.2, -0.15) is 0 Å². The number of aromatic amines is 1. The summed E-state index contributed by atoms with van der Waals surface area (Å²) in [5.41, 5.74) is 3.96. The van der Waals surface area contributed by atoms with E-state index in [0.717, 1.165) is 24.2 Å². The summed E-state index contributed by atoms with van der Waals surface area (Å²) < 4.78 is 5.28. The molecule has 3 heteroatoms. The third-order valence-electron chi connectivity index (χ3n) is 4.07. The van der Waals surface area contributed by atoms with Crippen LogP contribution in [0.25, 0.3) is 16.5 Å². The standard InChI is InChI=1S/C17H22N2O/c1-3-8-19-9-6-13(7-10-19)16-12-18-17-11-14(20-2)4-5-15(16)17/h4-6,11-12,18H,3,7-10H2,1-2H3. The number of rotatable bonds is 4. The second-order valence-corrected chi connectivity index (χ2v) is 5.39. The van der Waals surface area contributed by atoms with Crippen LogP contribution in [0.1, 0.15) is 25.3 Å². The first kappa shape index (κ1) is 13.3. The van der Waals surface area contributed by atoms with Crippen LogP contribution >= 0.6 is 0 Å². The van der Waals surface area contributed by atoms with Crippen molar-refractivity contribution in [2.45, 2.75) is 19.8 Å². The van der Waals surface area contributed by atoms with Crippen LogP contribution in [0.5, 0.6) is 5.75 Å². The summed E-state index contributed by atoms with van der Waals surface area (Å²) >= 11 is 0. The minimum atomic E-state index is 0.901. The lowest BCUT2D eigenvalue weighted by atomic mass is 9.99. The second kappa shape index (κ2) is 5.71. The maximum Gasteiger partial charge on any atom is 0.120 e. The van der Waals surface area contributed by atoms with Crippen molar-refractivity contribution in [2.24, 2.45) is 0 Å². The number of nitrogens with one attached hydrogen (secondary N) is 1. The van der Waals surface area contributed by atoms with Crippen molar-refractivity contribution in [3.8, 4) is 5.75 Å². The molecule has 1 aliphatic rings. The molecule has 0 unspecified atom stereocenters. The SMILES string of the molecule is CCCN1CC=C(c2c[nH]c3cc(OC)ccc23)CC1. The van der Waals surface area contributed by atoms with E-state index in [-0.39, 0.29) is 0 Å². The van der Waals surface area contributed by atoms with Gasteiger partial charge in [0.05, 0.1) is 7.11 Å². The molecule has 0 saturated heterocycles. The number of hydrogen-bond acceptors (Lipinski definition) is 2. The summed E-state index contributed by atoms with van der Waals surface area (Å²) in [6.45, 7) is 5.69. The average Bonchev–Trinajstić information content (AvgIpc) is 2.91. The smallest absolute Gasteiger partial charge is 0.120 e. The van der Waals surface area contributed by atoms with E-state index in [1.807, 2.05) is 6.07 Å². The minimum absolute atomic E-state index is 0.901. The van der Waals surface area contributed by atoms with Gasteiger partial charge < -0.3 is 9.72 Å². The Hall–Kier alpha value is -1.74. The van der Waals surface area contributed by atoms with Crippen molar-refractivity contribution < 1.29 is 4.74 Å². The lowest BCUT2D eigenvalue weighted by Crippen LogP contribution is -2.29. The molecule has 3 rings (SSSR count). The molecule has 1 aliphatic heterocycles. The molecule has 0 aliphatic carbocycles. The van der Waals surface area contributed by atoms with Gasteiger partial charge in [-0.3, -0.25) is 4.90 Å². The number of ether oxygens (including phenoxy) is 1. The van der Waals surface area contributed by atoms with Gasteiger partial charge in [0.25, 0.3) is 0 Å². The highest BCUT2D eigenvalue weighted by molar-refractivity contribution is 5.93. The molecule has 0 spiro atoms. The summed E-state index contributed by atoms with van der Waals surface area (Å²) in [5.74, 6) is 0.901. The minimum Gasteiger partial charge on any atom is -0.497 e. The molecule has 1 N–H and O–H groups in total. The summed E-state index contributed by atoms with van der Waals surface area (Å²) in [4.78, 5) is 5.88. The van der Waals surface area contributed by atoms with Crippen molar-refractivity contribution in [1.29, 1.82) is 0 Å². The van der Waals surface area contributed by atoms with E-state index in [1.165, 1.54) is 36.0 Å². The predicted molar refractivity (Wildman–Crippen MR) is 84.2 cm³/mol. The average molecular weight is 270 g/mol. The molecule has 3 nitrogen and oxygen atoms in total. The zero-order valence-corrected chi connectivity index (χ0v) is 12.3. The maximum atomic E-state index is 5.28. The lowest BCUT2D eigenvalue weighted by Gasteiger charge is -2.25. The van der Waals surface area contributed by atoms with E-state index in [9.17, 15) is 0 Å². The van der Waals surface area contributed by atoms with E-state index in [1.54, 1.807) is 7.11 Å². The number of aromatic nitrogens is 1. The van der Waals surface area contributed by atoms with E-state index in [4.69, 9.17) is 4.74 Å². The number of H-pyrrole nitrogens is 1. The zero-order valence-electron chi connectivity index (χ0n) is 12.3. The van der Waals surface area contributed by atoms with Crippen molar-refractivity contribution in [2.75, 3.05) is 26.7 Å². The molecule has 0 saturated carbocycles. The third-order valence-corrected chi connectivity index (χ3v) is 4.07. The second-order valence-electron chi connectivity index (χ2n) is 5.39. The molecule has 1 aromatic carbocycles. The number of nitrogens with zero attached hydrogens (tertiary/aromatic N) is 1. The molecule has 0 amide bonds. The Morgan fingerprint density at radius 2 is 2.25 bits per heavy atom. The largest absolute Gasteiger partial charge is 0.497 e. The fourth-order valence-electron chi connectivity index (χ4n) is 2.97. The van der Waals surface area contributed by atoms with Crippen LogP contribution < -0.4 is 4.74 Å². The van der Waals surface area contributed by atoms with Crippen LogP contribution in [0.3, 0.4) is 0 Å². The molecule has 0 atom stereocenters. The number of fused-ring (bicyclic) bond motifs is 1. The number of hydrogen-bond donors (Lipinski definition) is 1. The molecule has 2 aromatic rings. The van der Waals surface area contributed by atoms with E-state index in [2.05, 4.69) is 41.2 Å². The Balaban J connectivity index is 1.88. The van der Waals surface area contributed by atoms with E-state index < -0.39 is 0 Å². The molecular formula is C17H22N2O. The van der Waals surface area contributed by atoms with Crippen LogP contribution in [-0.4, -0.2) is 36.6 Å². The fraction of sp³-hybridized carbons (Fsp3) is 0.412. The topological polar surface area (TPSA) is 28.3 Å². The van der Waals surface area contributed by atoms with Crippen molar-refractivity contribution in [1.82, 2.24) is 9.88 Å². The van der Waals surface area contributed by atoms with Gasteiger partial charge in [-0.15, -0.1) is 0 Å². The molecule has 0 fully saturated rings. The van der Waals surface area contributed by atoms with E-state index in [0.29, 0.717) is 0 Å². The molecule has 106 valence electrons. The van der Waals surface area contributed by atoms with Gasteiger partial charge in [-0.05, 0) is 37.1 Å². The van der Waals surface area contributed by atoms with Gasteiger partial charge in [0.15, 0.2) is 0 Å². The molecule has 1 aromatic heterocycles. The lowest BCUT2D eigenvalue weighted by molar-refractivity contribution is 0.302. The summed E-state index contributed by atoms with van der Waals surface area (Å²) in [7, 11) is 1.71. The monoisotopic (exact) mass is 270 g/mol. The summed E-state index contributed by atoms with van der Waals surface area (Å²) in [6, 6.07) is 6.25. The Morgan fingerprint density at radius 3 is 2.95 bits per heavy atom. The molecule has 2 heterocycles. The first-order chi connectivity index (χ1) is 9.81. The maximum absolute atomic E-state index is 5.28. The molecule has 20 heavy (non-hydrogen) atoms. The number of benzene rings is 1. The van der Waals surface area contributed by atoms with Crippen LogP contribution in [0.15, 0.2) is 30.5 Å². The van der Waals surface area contributed by atoms with Crippen molar-refractivity contribution in [3.05, 3.63) is 36.0 Å².